The van der Waals surface area contributed by atoms with Gasteiger partial charge in [0.2, 0.25) is 0 Å². The molecular formula is C14H4BrCl2F6N3O4. The summed E-state index contributed by atoms with van der Waals surface area (Å²) in [6.45, 7) is 0. The fourth-order valence-corrected chi connectivity index (χ4v) is 3.56. The Balaban J connectivity index is 2.92. The minimum Gasteiger partial charge on any atom is -0.343 e. The summed E-state index contributed by atoms with van der Waals surface area (Å²) in [5, 5.41) is 22.5. The molecule has 0 spiro atoms. The molecule has 2 rings (SSSR count). The van der Waals surface area contributed by atoms with Crippen LogP contribution in [0, 0.1) is 20.2 Å². The maximum Gasteiger partial charge on any atom is 0.418 e. The molecule has 0 aromatic heterocycles. The van der Waals surface area contributed by atoms with E-state index in [2.05, 4.69) is 15.9 Å². The van der Waals surface area contributed by atoms with Crippen molar-refractivity contribution in [2.75, 3.05) is 5.32 Å². The van der Waals surface area contributed by atoms with Crippen LogP contribution in [-0.4, -0.2) is 9.85 Å². The van der Waals surface area contributed by atoms with Crippen molar-refractivity contribution in [1.29, 1.82) is 0 Å². The standard InChI is InChI=1S/C14H4BrCl2F6N3O4/c15-7-2-4(16)1-6(14(21,22)23)10(7)24-11-8(25(27)28)3-5(13(18,19)20)9(17)12(11)26(29)30/h1-3,24H. The molecular weight excluding hydrogens is 539 g/mol. The maximum absolute atomic E-state index is 13.4. The molecule has 0 aliphatic heterocycles. The van der Waals surface area contributed by atoms with Crippen LogP contribution >= 0.6 is 39.1 Å². The number of hydrogen-bond donors (Lipinski definition) is 1. The Labute approximate surface area is 180 Å². The predicted molar refractivity (Wildman–Crippen MR) is 97.2 cm³/mol. The number of alkyl halides is 6. The lowest BCUT2D eigenvalue weighted by Gasteiger charge is -2.18. The molecule has 16 heteroatoms. The molecule has 2 aromatic rings. The summed E-state index contributed by atoms with van der Waals surface area (Å²) in [6, 6.07) is 1.23. The number of nitro benzene ring substituents is 2. The first-order valence-electron chi connectivity index (χ1n) is 7.11. The monoisotopic (exact) mass is 541 g/mol. The average molecular weight is 543 g/mol. The van der Waals surface area contributed by atoms with Crippen LogP contribution in [0.2, 0.25) is 10.0 Å². The van der Waals surface area contributed by atoms with Gasteiger partial charge in [-0.2, -0.15) is 26.3 Å². The van der Waals surface area contributed by atoms with E-state index in [9.17, 15) is 46.6 Å². The molecule has 0 bridgehead atoms. The van der Waals surface area contributed by atoms with Crippen LogP contribution in [0.3, 0.4) is 0 Å². The Morgan fingerprint density at radius 2 is 1.40 bits per heavy atom. The van der Waals surface area contributed by atoms with E-state index in [1.165, 1.54) is 0 Å². The summed E-state index contributed by atoms with van der Waals surface area (Å²) >= 11 is 13.8. The lowest BCUT2D eigenvalue weighted by molar-refractivity contribution is -0.392. The Hall–Kier alpha value is -2.32. The van der Waals surface area contributed by atoms with E-state index in [-0.39, 0.29) is 6.07 Å². The molecule has 0 unspecified atom stereocenters. The second-order valence-electron chi connectivity index (χ2n) is 5.43. The second kappa shape index (κ2) is 8.07. The van der Waals surface area contributed by atoms with Gasteiger partial charge < -0.3 is 5.32 Å². The summed E-state index contributed by atoms with van der Waals surface area (Å²) in [4.78, 5) is 19.7. The van der Waals surface area contributed by atoms with Crippen molar-refractivity contribution in [3.05, 3.63) is 64.1 Å². The van der Waals surface area contributed by atoms with E-state index < -0.39 is 70.6 Å². The molecule has 162 valence electrons. The van der Waals surface area contributed by atoms with Gasteiger partial charge in [0, 0.05) is 15.6 Å². The first kappa shape index (κ1) is 24.0. The van der Waals surface area contributed by atoms with E-state index in [0.717, 1.165) is 6.07 Å². The molecule has 0 fully saturated rings. The van der Waals surface area contributed by atoms with Crippen molar-refractivity contribution in [2.24, 2.45) is 0 Å². The van der Waals surface area contributed by atoms with Crippen molar-refractivity contribution in [3.8, 4) is 0 Å². The highest BCUT2D eigenvalue weighted by molar-refractivity contribution is 9.10. The van der Waals surface area contributed by atoms with Crippen molar-refractivity contribution in [1.82, 2.24) is 0 Å². The molecule has 0 saturated carbocycles. The maximum atomic E-state index is 13.4. The Morgan fingerprint density at radius 1 is 0.867 bits per heavy atom. The number of nitrogens with zero attached hydrogens (tertiary/aromatic N) is 2. The molecule has 0 atom stereocenters. The van der Waals surface area contributed by atoms with E-state index in [4.69, 9.17) is 23.2 Å². The number of rotatable bonds is 4. The third kappa shape index (κ3) is 4.70. The van der Waals surface area contributed by atoms with Crippen LogP contribution in [0.1, 0.15) is 11.1 Å². The smallest absolute Gasteiger partial charge is 0.343 e. The molecule has 0 aliphatic rings. The number of halogens is 9. The second-order valence-corrected chi connectivity index (χ2v) is 7.09. The zero-order chi connectivity index (χ0) is 23.2. The number of hydrogen-bond acceptors (Lipinski definition) is 5. The van der Waals surface area contributed by atoms with Crippen LogP contribution in [0.15, 0.2) is 22.7 Å². The minimum atomic E-state index is -5.32. The highest BCUT2D eigenvalue weighted by atomic mass is 79.9. The Kier molecular flexibility index (Phi) is 6.45. The van der Waals surface area contributed by atoms with E-state index in [1.807, 2.05) is 5.32 Å². The van der Waals surface area contributed by atoms with Gasteiger partial charge in [0.05, 0.1) is 26.7 Å². The van der Waals surface area contributed by atoms with Gasteiger partial charge >= 0.3 is 23.7 Å². The summed E-state index contributed by atoms with van der Waals surface area (Å²) in [6.07, 6.45) is -10.4. The normalized spacial score (nSPS) is 12.0. The molecule has 7 nitrogen and oxygen atoms in total. The fraction of sp³-hybridized carbons (Fsp3) is 0.143. The predicted octanol–water partition coefficient (Wildman–Crippen LogP) is 7.35. The van der Waals surface area contributed by atoms with E-state index in [1.54, 1.807) is 0 Å². The SMILES string of the molecule is O=[N+]([O-])c1cc(C(F)(F)F)c(Cl)c([N+](=O)[O-])c1Nc1c(Br)cc(Cl)cc1C(F)(F)F. The first-order chi connectivity index (χ1) is 13.6. The third-order valence-electron chi connectivity index (χ3n) is 3.51. The van der Waals surface area contributed by atoms with E-state index in [0.29, 0.717) is 6.07 Å². The topological polar surface area (TPSA) is 98.3 Å². The van der Waals surface area contributed by atoms with Crippen LogP contribution in [0.4, 0.5) is 49.1 Å². The molecule has 2 aromatic carbocycles. The van der Waals surface area contributed by atoms with Crippen LogP contribution in [0.5, 0.6) is 0 Å². The summed E-state index contributed by atoms with van der Waals surface area (Å²) in [5.74, 6) is 0. The van der Waals surface area contributed by atoms with Crippen LogP contribution < -0.4 is 5.32 Å². The number of anilines is 2. The van der Waals surface area contributed by atoms with Gasteiger partial charge in [0.1, 0.15) is 5.02 Å². The number of benzene rings is 2. The van der Waals surface area contributed by atoms with Crippen molar-refractivity contribution in [2.45, 2.75) is 12.4 Å². The number of nitro groups is 2. The van der Waals surface area contributed by atoms with Gasteiger partial charge in [-0.25, -0.2) is 0 Å². The third-order valence-corrected chi connectivity index (χ3v) is 4.74. The lowest BCUT2D eigenvalue weighted by atomic mass is 10.1. The van der Waals surface area contributed by atoms with Crippen molar-refractivity contribution >= 4 is 61.9 Å². The van der Waals surface area contributed by atoms with Crippen molar-refractivity contribution in [3.63, 3.8) is 0 Å². The Morgan fingerprint density at radius 3 is 1.83 bits per heavy atom. The summed E-state index contributed by atoms with van der Waals surface area (Å²) < 4.78 is 79.0. The summed E-state index contributed by atoms with van der Waals surface area (Å²) in [7, 11) is 0. The molecule has 0 saturated heterocycles. The molecule has 1 N–H and O–H groups in total. The van der Waals surface area contributed by atoms with Gasteiger partial charge in [-0.15, -0.1) is 0 Å². The average Bonchev–Trinajstić information content (AvgIpc) is 2.54. The van der Waals surface area contributed by atoms with E-state index >= 15 is 0 Å². The Bertz CT molecular complexity index is 1060. The van der Waals surface area contributed by atoms with Gasteiger partial charge in [0.15, 0.2) is 5.69 Å². The lowest BCUT2D eigenvalue weighted by Crippen LogP contribution is -2.13. The molecule has 30 heavy (non-hydrogen) atoms. The highest BCUT2D eigenvalue weighted by Crippen LogP contribution is 2.50. The van der Waals surface area contributed by atoms with Crippen LogP contribution in [0.25, 0.3) is 0 Å². The molecule has 0 amide bonds. The zero-order valence-corrected chi connectivity index (χ0v) is 16.8. The quantitative estimate of drug-likeness (QED) is 0.247. The highest BCUT2D eigenvalue weighted by Gasteiger charge is 2.43. The number of nitrogens with one attached hydrogen (secondary N) is 1. The van der Waals surface area contributed by atoms with Gasteiger partial charge in [-0.05, 0) is 28.1 Å². The molecule has 0 radical (unpaired) electrons. The summed E-state index contributed by atoms with van der Waals surface area (Å²) in [5.41, 5.74) is -8.80. The zero-order valence-electron chi connectivity index (χ0n) is 13.7. The molecule has 0 aliphatic carbocycles. The van der Waals surface area contributed by atoms with Gasteiger partial charge in [0.25, 0.3) is 0 Å². The fourth-order valence-electron chi connectivity index (χ4n) is 2.33. The van der Waals surface area contributed by atoms with Gasteiger partial charge in [-0.1, -0.05) is 23.2 Å². The van der Waals surface area contributed by atoms with Crippen LogP contribution in [-0.2, 0) is 12.4 Å². The van der Waals surface area contributed by atoms with Gasteiger partial charge in [-0.3, -0.25) is 20.2 Å². The van der Waals surface area contributed by atoms with Crippen molar-refractivity contribution < 1.29 is 36.2 Å². The largest absolute Gasteiger partial charge is 0.418 e. The first-order valence-corrected chi connectivity index (χ1v) is 8.66. The minimum absolute atomic E-state index is 0.116. The molecule has 0 heterocycles.